The molecule has 0 radical (unpaired) electrons. The van der Waals surface area contributed by atoms with Crippen molar-refractivity contribution in [1.29, 1.82) is 0 Å². The molecule has 4 atom stereocenters. The van der Waals surface area contributed by atoms with E-state index in [9.17, 15) is 4.21 Å². The van der Waals surface area contributed by atoms with Crippen LogP contribution in [0.15, 0.2) is 23.2 Å². The molecule has 1 aromatic carbocycles. The molecule has 1 aliphatic rings. The van der Waals surface area contributed by atoms with Crippen molar-refractivity contribution in [3.63, 3.8) is 0 Å². The Hall–Kier alpha value is -1.80. The van der Waals surface area contributed by atoms with Crippen LogP contribution in [-0.4, -0.2) is 74.0 Å². The molecule has 1 aromatic rings. The summed E-state index contributed by atoms with van der Waals surface area (Å²) in [6.45, 7) is 2.70. The number of hydrogen-bond acceptors (Lipinski definition) is 5. The second-order valence-electron chi connectivity index (χ2n) is 7.85. The summed E-state index contributed by atoms with van der Waals surface area (Å²) in [5, 5.41) is 7.30. The Kier molecular flexibility index (Phi) is 9.91. The summed E-state index contributed by atoms with van der Waals surface area (Å²) in [7, 11) is 8.48. The van der Waals surface area contributed by atoms with Crippen LogP contribution in [0.5, 0.6) is 11.5 Å². The van der Waals surface area contributed by atoms with Crippen molar-refractivity contribution in [1.82, 2.24) is 15.5 Å². The molecule has 0 amide bonds. The summed E-state index contributed by atoms with van der Waals surface area (Å²) in [5.41, 5.74) is 1.14. The molecule has 0 spiro atoms. The van der Waals surface area contributed by atoms with Gasteiger partial charge in [0.15, 0.2) is 17.5 Å². The number of nitrogens with zero attached hydrogens (tertiary/aromatic N) is 2. The van der Waals surface area contributed by atoms with E-state index >= 15 is 0 Å². The molecule has 8 heteroatoms. The number of aliphatic imine (C=N–C) groups is 1. The lowest BCUT2D eigenvalue weighted by Gasteiger charge is -2.31. The Morgan fingerprint density at radius 2 is 2.00 bits per heavy atom. The van der Waals surface area contributed by atoms with Gasteiger partial charge in [-0.1, -0.05) is 19.4 Å². The van der Waals surface area contributed by atoms with Gasteiger partial charge in [-0.25, -0.2) is 0 Å². The zero-order valence-electron chi connectivity index (χ0n) is 19.2. The number of guanidine groups is 1. The maximum absolute atomic E-state index is 12.2. The standard InChI is InChI=1S/C22H38N4O3S/c1-7-30(27)18-10-8-9-17(14-18)25-22(23-2)24-15-19(26(3)4)16-11-12-20(28-5)21(13-16)29-6/h11-13,17-19H,7-10,14-15H2,1-6H3,(H2,23,24,25). The van der Waals surface area contributed by atoms with Crippen LogP contribution in [0, 0.1) is 0 Å². The van der Waals surface area contributed by atoms with Crippen LogP contribution in [0.2, 0.25) is 0 Å². The van der Waals surface area contributed by atoms with E-state index in [4.69, 9.17) is 9.47 Å². The molecule has 0 aromatic heterocycles. The van der Waals surface area contributed by atoms with E-state index in [-0.39, 0.29) is 6.04 Å². The summed E-state index contributed by atoms with van der Waals surface area (Å²) in [6.07, 6.45) is 4.20. The number of ether oxygens (including phenoxy) is 2. The third-order valence-electron chi connectivity index (χ3n) is 5.73. The highest BCUT2D eigenvalue weighted by atomic mass is 32.2. The highest BCUT2D eigenvalue weighted by Gasteiger charge is 2.26. The molecule has 1 fully saturated rings. The average molecular weight is 439 g/mol. The molecule has 2 N–H and O–H groups in total. The number of hydrogen-bond donors (Lipinski definition) is 2. The molecule has 0 saturated heterocycles. The van der Waals surface area contributed by atoms with Gasteiger partial charge in [0, 0.05) is 41.4 Å². The quantitative estimate of drug-likeness (QED) is 0.456. The second kappa shape index (κ2) is 12.2. The van der Waals surface area contributed by atoms with E-state index < -0.39 is 10.8 Å². The van der Waals surface area contributed by atoms with E-state index in [0.29, 0.717) is 17.8 Å². The summed E-state index contributed by atoms with van der Waals surface area (Å²) < 4.78 is 23.1. The highest BCUT2D eigenvalue weighted by molar-refractivity contribution is 7.85. The fraction of sp³-hybridized carbons (Fsp3) is 0.682. The van der Waals surface area contributed by atoms with Crippen LogP contribution in [0.1, 0.15) is 44.2 Å². The molecule has 0 aliphatic heterocycles. The number of rotatable bonds is 9. The van der Waals surface area contributed by atoms with Crippen molar-refractivity contribution >= 4 is 16.8 Å². The van der Waals surface area contributed by atoms with Gasteiger partial charge in [-0.2, -0.15) is 0 Å². The van der Waals surface area contributed by atoms with Crippen LogP contribution < -0.4 is 20.1 Å². The van der Waals surface area contributed by atoms with Gasteiger partial charge < -0.3 is 25.0 Å². The smallest absolute Gasteiger partial charge is 0.191 e. The fourth-order valence-electron chi connectivity index (χ4n) is 3.99. The number of likely N-dealkylation sites (N-methyl/N-ethyl adjacent to an activating group) is 1. The molecule has 0 bridgehead atoms. The van der Waals surface area contributed by atoms with Crippen LogP contribution in [-0.2, 0) is 10.8 Å². The number of methoxy groups -OCH3 is 2. The van der Waals surface area contributed by atoms with E-state index in [1.165, 1.54) is 0 Å². The van der Waals surface area contributed by atoms with Gasteiger partial charge >= 0.3 is 0 Å². The number of nitrogens with one attached hydrogen (secondary N) is 2. The van der Waals surface area contributed by atoms with E-state index in [0.717, 1.165) is 54.5 Å². The number of benzene rings is 1. The first-order valence-corrected chi connectivity index (χ1v) is 12.0. The molecule has 0 heterocycles. The Morgan fingerprint density at radius 3 is 2.60 bits per heavy atom. The predicted molar refractivity (Wildman–Crippen MR) is 125 cm³/mol. The zero-order chi connectivity index (χ0) is 22.1. The van der Waals surface area contributed by atoms with Crippen molar-refractivity contribution in [3.8, 4) is 11.5 Å². The van der Waals surface area contributed by atoms with Gasteiger partial charge in [0.25, 0.3) is 0 Å². The largest absolute Gasteiger partial charge is 0.493 e. The molecule has 170 valence electrons. The lowest BCUT2D eigenvalue weighted by atomic mass is 9.95. The molecule has 2 rings (SSSR count). The SMILES string of the molecule is CCS(=O)C1CCCC(NC(=NC)NCC(c2ccc(OC)c(OC)c2)N(C)C)C1. The third-order valence-corrected chi connectivity index (χ3v) is 7.47. The van der Waals surface area contributed by atoms with Crippen LogP contribution in [0.25, 0.3) is 0 Å². The van der Waals surface area contributed by atoms with E-state index in [1.54, 1.807) is 21.3 Å². The van der Waals surface area contributed by atoms with Crippen molar-refractivity contribution in [2.24, 2.45) is 4.99 Å². The predicted octanol–water partition coefficient (Wildman–Crippen LogP) is 2.55. The highest BCUT2D eigenvalue weighted by Crippen LogP contribution is 2.31. The maximum atomic E-state index is 12.2. The Morgan fingerprint density at radius 1 is 1.27 bits per heavy atom. The normalized spacial score (nSPS) is 21.8. The Labute approximate surface area is 184 Å². The van der Waals surface area contributed by atoms with Gasteiger partial charge in [-0.3, -0.25) is 9.20 Å². The van der Waals surface area contributed by atoms with Crippen molar-refractivity contribution in [2.45, 2.75) is 49.9 Å². The Bertz CT molecular complexity index is 726. The summed E-state index contributed by atoms with van der Waals surface area (Å²) >= 11 is 0. The van der Waals surface area contributed by atoms with Crippen molar-refractivity contribution in [3.05, 3.63) is 23.8 Å². The fourth-order valence-corrected chi connectivity index (χ4v) is 5.34. The topological polar surface area (TPSA) is 75.2 Å². The molecule has 4 unspecified atom stereocenters. The second-order valence-corrected chi connectivity index (χ2v) is 9.85. The first kappa shape index (κ1) is 24.5. The van der Waals surface area contributed by atoms with Crippen LogP contribution in [0.4, 0.5) is 0 Å². The molecule has 1 saturated carbocycles. The molecular formula is C22H38N4O3S. The minimum Gasteiger partial charge on any atom is -0.493 e. The van der Waals surface area contributed by atoms with Gasteiger partial charge in [-0.15, -0.1) is 0 Å². The molecule has 30 heavy (non-hydrogen) atoms. The average Bonchev–Trinajstić information content (AvgIpc) is 2.77. The van der Waals surface area contributed by atoms with Crippen LogP contribution >= 0.6 is 0 Å². The summed E-state index contributed by atoms with van der Waals surface area (Å²) in [5.74, 6) is 2.97. The first-order valence-electron chi connectivity index (χ1n) is 10.7. The summed E-state index contributed by atoms with van der Waals surface area (Å²) in [6, 6.07) is 6.47. The van der Waals surface area contributed by atoms with Gasteiger partial charge in [0.2, 0.25) is 0 Å². The van der Waals surface area contributed by atoms with Gasteiger partial charge in [0.05, 0.1) is 20.3 Å². The zero-order valence-corrected chi connectivity index (χ0v) is 20.1. The summed E-state index contributed by atoms with van der Waals surface area (Å²) in [4.78, 5) is 6.58. The third kappa shape index (κ3) is 6.60. The molecule has 7 nitrogen and oxygen atoms in total. The van der Waals surface area contributed by atoms with Crippen LogP contribution in [0.3, 0.4) is 0 Å². The van der Waals surface area contributed by atoms with Crippen molar-refractivity contribution in [2.75, 3.05) is 47.7 Å². The van der Waals surface area contributed by atoms with E-state index in [1.807, 2.05) is 19.1 Å². The molecular weight excluding hydrogens is 400 g/mol. The Balaban J connectivity index is 2.01. The van der Waals surface area contributed by atoms with E-state index in [2.05, 4.69) is 40.7 Å². The maximum Gasteiger partial charge on any atom is 0.191 e. The van der Waals surface area contributed by atoms with Crippen molar-refractivity contribution < 1.29 is 13.7 Å². The first-order chi connectivity index (χ1) is 14.4. The van der Waals surface area contributed by atoms with Gasteiger partial charge in [-0.05, 0) is 51.1 Å². The lowest BCUT2D eigenvalue weighted by molar-refractivity contribution is 0.295. The minimum absolute atomic E-state index is 0.134. The van der Waals surface area contributed by atoms with Gasteiger partial charge in [0.1, 0.15) is 0 Å². The molecule has 1 aliphatic carbocycles. The monoisotopic (exact) mass is 438 g/mol. The lowest BCUT2D eigenvalue weighted by Crippen LogP contribution is -2.48. The minimum atomic E-state index is -0.728.